The van der Waals surface area contributed by atoms with Gasteiger partial charge >= 0.3 is 0 Å². The van der Waals surface area contributed by atoms with Gasteiger partial charge in [0.2, 0.25) is 5.56 Å². The van der Waals surface area contributed by atoms with Crippen molar-refractivity contribution in [3.63, 3.8) is 0 Å². The third kappa shape index (κ3) is 4.45. The number of halogens is 3. The van der Waals surface area contributed by atoms with E-state index in [4.69, 9.17) is 4.74 Å². The number of aromatic nitrogens is 3. The van der Waals surface area contributed by atoms with E-state index in [1.165, 1.54) is 67.9 Å². The minimum Gasteiger partial charge on any atom is -0.495 e. The molecule has 1 N–H and O–H groups in total. The summed E-state index contributed by atoms with van der Waals surface area (Å²) in [6.45, 7) is 0. The molecule has 0 radical (unpaired) electrons. The Kier molecular flexibility index (Phi) is 6.33. The summed E-state index contributed by atoms with van der Waals surface area (Å²) in [5.74, 6) is -3.45. The number of hydrogen-bond donors (Lipinski definition) is 1. The predicted octanol–water partition coefficient (Wildman–Crippen LogP) is 4.94. The average Bonchev–Trinajstić information content (AvgIpc) is 2.90. The summed E-state index contributed by atoms with van der Waals surface area (Å²) in [6.07, 6.45) is 1.34. The van der Waals surface area contributed by atoms with Crippen molar-refractivity contribution in [3.05, 3.63) is 107 Å². The maximum Gasteiger partial charge on any atom is 0.270 e. The summed E-state index contributed by atoms with van der Waals surface area (Å²) < 4.78 is 76.8. The average molecular weight is 539 g/mol. The standard InChI is InChI=1S/C26H17F3N4O4S/c1-37-24-13-18(15-4-7-19(27)21(29)12-15)20(28)14-23(24)33(25-3-2-10-30-32-25)38(35,36)17-6-8-22-16(11-17)5-9-26(34)31-22/h2-14H,1H3,(H,31,34). The molecule has 12 heteroatoms. The zero-order chi connectivity index (χ0) is 27.0. The van der Waals surface area contributed by atoms with Crippen LogP contribution in [0.1, 0.15) is 0 Å². The fraction of sp³-hybridized carbons (Fsp3) is 0.0385. The van der Waals surface area contributed by atoms with Crippen LogP contribution >= 0.6 is 0 Å². The molecular weight excluding hydrogens is 521 g/mol. The van der Waals surface area contributed by atoms with Gasteiger partial charge in [0.05, 0.1) is 12.0 Å². The number of nitrogens with one attached hydrogen (secondary N) is 1. The van der Waals surface area contributed by atoms with E-state index in [9.17, 15) is 22.0 Å². The van der Waals surface area contributed by atoms with Gasteiger partial charge in [0.1, 0.15) is 17.3 Å². The molecule has 2 aromatic heterocycles. The van der Waals surface area contributed by atoms with Crippen LogP contribution in [0.4, 0.5) is 24.7 Å². The molecule has 0 unspecified atom stereocenters. The van der Waals surface area contributed by atoms with Gasteiger partial charge in [0.25, 0.3) is 10.0 Å². The highest BCUT2D eigenvalue weighted by molar-refractivity contribution is 7.93. The second-order valence-corrected chi connectivity index (χ2v) is 9.84. The van der Waals surface area contributed by atoms with Crippen LogP contribution in [-0.2, 0) is 10.0 Å². The zero-order valence-corrected chi connectivity index (χ0v) is 20.3. The van der Waals surface area contributed by atoms with E-state index in [-0.39, 0.29) is 38.8 Å². The van der Waals surface area contributed by atoms with Gasteiger partial charge in [-0.2, -0.15) is 5.10 Å². The molecule has 8 nitrogen and oxygen atoms in total. The minimum atomic E-state index is -4.47. The maximum absolute atomic E-state index is 15.4. The summed E-state index contributed by atoms with van der Waals surface area (Å²) in [6, 6.07) is 14.6. The SMILES string of the molecule is COc1cc(-c2ccc(F)c(F)c2)c(F)cc1N(c1cccnn1)S(=O)(=O)c1ccc2[nH]c(=O)ccc2c1. The summed E-state index contributed by atoms with van der Waals surface area (Å²) >= 11 is 0. The minimum absolute atomic E-state index is 0.0173. The van der Waals surface area contributed by atoms with Crippen LogP contribution < -0.4 is 14.6 Å². The van der Waals surface area contributed by atoms with Crippen LogP contribution in [0.2, 0.25) is 0 Å². The first-order valence-corrected chi connectivity index (χ1v) is 12.4. The van der Waals surface area contributed by atoms with Crippen LogP contribution in [0.3, 0.4) is 0 Å². The van der Waals surface area contributed by atoms with Crippen molar-refractivity contribution < 1.29 is 26.3 Å². The first kappa shape index (κ1) is 25.0. The first-order chi connectivity index (χ1) is 18.2. The van der Waals surface area contributed by atoms with Crippen molar-refractivity contribution in [1.82, 2.24) is 15.2 Å². The molecule has 0 atom stereocenters. The summed E-state index contributed by atoms with van der Waals surface area (Å²) in [5, 5.41) is 8.10. The number of nitrogens with zero attached hydrogens (tertiary/aromatic N) is 3. The molecule has 2 heterocycles. The van der Waals surface area contributed by atoms with Crippen LogP contribution in [-0.4, -0.2) is 30.7 Å². The highest BCUT2D eigenvalue weighted by atomic mass is 32.2. The summed E-state index contributed by atoms with van der Waals surface area (Å²) in [7, 11) is -3.22. The molecule has 192 valence electrons. The Hall–Kier alpha value is -4.71. The van der Waals surface area contributed by atoms with Crippen molar-refractivity contribution in [3.8, 4) is 16.9 Å². The molecule has 5 aromatic rings. The number of fused-ring (bicyclic) bond motifs is 1. The number of rotatable bonds is 6. The lowest BCUT2D eigenvalue weighted by Crippen LogP contribution is -2.28. The highest BCUT2D eigenvalue weighted by Crippen LogP contribution is 2.41. The van der Waals surface area contributed by atoms with E-state index in [2.05, 4.69) is 15.2 Å². The molecule has 0 bridgehead atoms. The molecule has 3 aromatic carbocycles. The molecular formula is C26H17F3N4O4S. The Bertz CT molecular complexity index is 1850. The van der Waals surface area contributed by atoms with Crippen molar-refractivity contribution in [2.45, 2.75) is 4.90 Å². The van der Waals surface area contributed by atoms with Gasteiger partial charge < -0.3 is 9.72 Å². The Balaban J connectivity index is 1.72. The Morgan fingerprint density at radius 2 is 1.71 bits per heavy atom. The van der Waals surface area contributed by atoms with E-state index in [1.807, 2.05) is 0 Å². The second kappa shape index (κ2) is 9.63. The number of anilines is 2. The topological polar surface area (TPSA) is 105 Å². The van der Waals surface area contributed by atoms with Crippen molar-refractivity contribution in [2.75, 3.05) is 11.4 Å². The monoisotopic (exact) mass is 538 g/mol. The van der Waals surface area contributed by atoms with Gasteiger partial charge in [-0.05, 0) is 65.5 Å². The molecule has 0 aliphatic carbocycles. The fourth-order valence-corrected chi connectivity index (χ4v) is 5.40. The summed E-state index contributed by atoms with van der Waals surface area (Å²) in [4.78, 5) is 14.0. The quantitative estimate of drug-likeness (QED) is 0.329. The Morgan fingerprint density at radius 1 is 0.895 bits per heavy atom. The number of ether oxygens (including phenoxy) is 1. The number of benzene rings is 3. The fourth-order valence-electron chi connectivity index (χ4n) is 3.93. The second-order valence-electron chi connectivity index (χ2n) is 8.06. The first-order valence-electron chi connectivity index (χ1n) is 11.0. The molecule has 0 aliphatic heterocycles. The van der Waals surface area contributed by atoms with Gasteiger partial charge in [0.15, 0.2) is 17.5 Å². The van der Waals surface area contributed by atoms with Crippen molar-refractivity contribution in [1.29, 1.82) is 0 Å². The van der Waals surface area contributed by atoms with Gasteiger partial charge in [0, 0.05) is 29.4 Å². The third-order valence-electron chi connectivity index (χ3n) is 5.72. The van der Waals surface area contributed by atoms with E-state index < -0.39 is 27.5 Å². The van der Waals surface area contributed by atoms with Crippen LogP contribution in [0.5, 0.6) is 5.75 Å². The van der Waals surface area contributed by atoms with E-state index in [1.54, 1.807) is 0 Å². The van der Waals surface area contributed by atoms with Gasteiger partial charge in [-0.25, -0.2) is 25.9 Å². The van der Waals surface area contributed by atoms with Crippen LogP contribution in [0.15, 0.2) is 88.7 Å². The van der Waals surface area contributed by atoms with E-state index in [0.717, 1.165) is 22.5 Å². The highest BCUT2D eigenvalue weighted by Gasteiger charge is 2.32. The molecule has 0 saturated heterocycles. The van der Waals surface area contributed by atoms with E-state index in [0.29, 0.717) is 10.9 Å². The normalized spacial score (nSPS) is 11.5. The number of aromatic amines is 1. The molecule has 5 rings (SSSR count). The molecule has 0 aliphatic rings. The third-order valence-corrected chi connectivity index (χ3v) is 7.43. The van der Waals surface area contributed by atoms with E-state index >= 15 is 4.39 Å². The predicted molar refractivity (Wildman–Crippen MR) is 134 cm³/mol. The number of H-pyrrole nitrogens is 1. The van der Waals surface area contributed by atoms with Gasteiger partial charge in [-0.3, -0.25) is 4.79 Å². The molecule has 0 fully saturated rings. The molecule has 0 spiro atoms. The smallest absolute Gasteiger partial charge is 0.270 e. The number of methoxy groups -OCH3 is 1. The Labute approximate surface area is 214 Å². The number of hydrogen-bond acceptors (Lipinski definition) is 6. The molecule has 38 heavy (non-hydrogen) atoms. The lowest BCUT2D eigenvalue weighted by atomic mass is 10.0. The number of sulfonamides is 1. The van der Waals surface area contributed by atoms with Gasteiger partial charge in [-0.15, -0.1) is 5.10 Å². The zero-order valence-electron chi connectivity index (χ0n) is 19.5. The van der Waals surface area contributed by atoms with Crippen molar-refractivity contribution in [2.24, 2.45) is 0 Å². The van der Waals surface area contributed by atoms with Crippen molar-refractivity contribution >= 4 is 32.4 Å². The lowest BCUT2D eigenvalue weighted by molar-refractivity contribution is 0.415. The number of pyridine rings is 1. The molecule has 0 saturated carbocycles. The molecule has 0 amide bonds. The summed E-state index contributed by atoms with van der Waals surface area (Å²) in [5.41, 5.74) is -0.296. The van der Waals surface area contributed by atoms with Gasteiger partial charge in [-0.1, -0.05) is 6.07 Å². The van der Waals surface area contributed by atoms with Crippen LogP contribution in [0, 0.1) is 17.5 Å². The maximum atomic E-state index is 15.4. The van der Waals surface area contributed by atoms with Crippen LogP contribution in [0.25, 0.3) is 22.0 Å². The largest absolute Gasteiger partial charge is 0.495 e. The lowest BCUT2D eigenvalue weighted by Gasteiger charge is -2.25. The Morgan fingerprint density at radius 3 is 2.42 bits per heavy atom.